The van der Waals surface area contributed by atoms with Gasteiger partial charge in [0, 0.05) is 48.0 Å². The summed E-state index contributed by atoms with van der Waals surface area (Å²) >= 11 is 0. The Bertz CT molecular complexity index is 1230. The Hall–Kier alpha value is -3.98. The van der Waals surface area contributed by atoms with E-state index in [9.17, 15) is 4.79 Å². The number of nitrogens with two attached hydrogens (primary N) is 1. The van der Waals surface area contributed by atoms with Crippen LogP contribution in [-0.4, -0.2) is 37.6 Å². The molecule has 9 heteroatoms. The van der Waals surface area contributed by atoms with Gasteiger partial charge in [-0.1, -0.05) is 0 Å². The molecule has 33 heavy (non-hydrogen) atoms. The summed E-state index contributed by atoms with van der Waals surface area (Å²) in [4.78, 5) is 20.9. The number of carbonyl (C=O) groups excluding carboxylic acids is 1. The molecule has 1 aliphatic rings. The van der Waals surface area contributed by atoms with E-state index >= 15 is 0 Å². The molecule has 0 saturated heterocycles. The molecule has 4 aromatic rings. The molecule has 0 aliphatic heterocycles. The Labute approximate surface area is 191 Å². The van der Waals surface area contributed by atoms with Crippen molar-refractivity contribution in [2.75, 3.05) is 16.0 Å². The van der Waals surface area contributed by atoms with E-state index in [2.05, 4.69) is 31.0 Å². The quantitative estimate of drug-likeness (QED) is 0.358. The lowest BCUT2D eigenvalue weighted by atomic mass is 9.92. The van der Waals surface area contributed by atoms with Crippen molar-refractivity contribution in [3.8, 4) is 0 Å². The van der Waals surface area contributed by atoms with Gasteiger partial charge >= 0.3 is 0 Å². The van der Waals surface area contributed by atoms with E-state index < -0.39 is 0 Å². The normalized spacial score (nSPS) is 18.1. The van der Waals surface area contributed by atoms with Gasteiger partial charge in [0.15, 0.2) is 5.65 Å². The molecule has 1 saturated carbocycles. The first kappa shape index (κ1) is 20.9. The van der Waals surface area contributed by atoms with Crippen LogP contribution in [0.15, 0.2) is 67.3 Å². The third-order valence-corrected chi connectivity index (χ3v) is 5.83. The van der Waals surface area contributed by atoms with E-state index in [0.29, 0.717) is 23.3 Å². The lowest BCUT2D eigenvalue weighted by Gasteiger charge is -2.27. The van der Waals surface area contributed by atoms with Gasteiger partial charge in [0.2, 0.25) is 0 Å². The summed E-state index contributed by atoms with van der Waals surface area (Å²) in [6, 6.07) is 13.5. The number of hydrogen-bond acceptors (Lipinski definition) is 7. The lowest BCUT2D eigenvalue weighted by molar-refractivity contribution is 0.102. The number of aromatic nitrogens is 4. The molecule has 5 rings (SSSR count). The van der Waals surface area contributed by atoms with Crippen LogP contribution in [0.5, 0.6) is 0 Å². The highest BCUT2D eigenvalue weighted by Gasteiger charge is 2.19. The summed E-state index contributed by atoms with van der Waals surface area (Å²) in [5, 5.41) is 14.4. The third-order valence-electron chi connectivity index (χ3n) is 5.83. The molecule has 3 heterocycles. The van der Waals surface area contributed by atoms with E-state index in [0.717, 1.165) is 48.5 Å². The molecule has 3 aromatic heterocycles. The third kappa shape index (κ3) is 4.93. The van der Waals surface area contributed by atoms with Crippen LogP contribution >= 0.6 is 0 Å². The van der Waals surface area contributed by atoms with Crippen LogP contribution < -0.4 is 21.7 Å². The number of imidazole rings is 1. The predicted molar refractivity (Wildman–Crippen MR) is 129 cm³/mol. The molecular weight excluding hydrogens is 416 g/mol. The van der Waals surface area contributed by atoms with Crippen LogP contribution in [0.2, 0.25) is 0 Å². The Morgan fingerprint density at radius 3 is 2.61 bits per heavy atom. The first-order valence-corrected chi connectivity index (χ1v) is 11.1. The van der Waals surface area contributed by atoms with Crippen molar-refractivity contribution in [2.45, 2.75) is 37.8 Å². The van der Waals surface area contributed by atoms with Crippen LogP contribution in [0, 0.1) is 0 Å². The number of hydrogen-bond donors (Lipinski definition) is 4. The molecule has 1 aliphatic carbocycles. The minimum atomic E-state index is -0.187. The topological polar surface area (TPSA) is 122 Å². The average molecular weight is 443 g/mol. The number of benzene rings is 1. The number of fused-ring (bicyclic) bond motifs is 1. The zero-order chi connectivity index (χ0) is 22.6. The summed E-state index contributed by atoms with van der Waals surface area (Å²) < 4.78 is 1.76. The molecule has 0 atom stereocenters. The lowest BCUT2D eigenvalue weighted by Crippen LogP contribution is -2.33. The summed E-state index contributed by atoms with van der Waals surface area (Å²) in [6.45, 7) is 0. The van der Waals surface area contributed by atoms with Gasteiger partial charge in [-0.15, -0.1) is 5.10 Å². The molecular formula is C24H26N8O. The highest BCUT2D eigenvalue weighted by Crippen LogP contribution is 2.26. The molecule has 9 nitrogen and oxygen atoms in total. The van der Waals surface area contributed by atoms with Crippen molar-refractivity contribution in [2.24, 2.45) is 5.73 Å². The zero-order valence-corrected chi connectivity index (χ0v) is 18.1. The fourth-order valence-electron chi connectivity index (χ4n) is 4.05. The zero-order valence-electron chi connectivity index (χ0n) is 18.1. The van der Waals surface area contributed by atoms with Gasteiger partial charge in [0.1, 0.15) is 5.82 Å². The maximum atomic E-state index is 12.5. The van der Waals surface area contributed by atoms with Crippen molar-refractivity contribution in [1.29, 1.82) is 0 Å². The Balaban J connectivity index is 1.31. The summed E-state index contributed by atoms with van der Waals surface area (Å²) in [7, 11) is 0. The molecule has 0 bridgehead atoms. The number of anilines is 4. The number of rotatable bonds is 6. The van der Waals surface area contributed by atoms with Crippen LogP contribution in [0.25, 0.3) is 5.65 Å². The molecule has 0 radical (unpaired) electrons. The standard InChI is InChI=1S/C24H26N8O/c25-17-5-9-19(10-6-17)29-22-14-21(23-27-12-13-32(23)31-22)28-18-7-3-16(4-8-18)24(33)30-20-2-1-11-26-15-20/h1-4,7-8,11-15,17,19,28H,5-6,9-10,25H2,(H,29,31)(H,30,33)/t17-,19-. The van der Waals surface area contributed by atoms with E-state index in [4.69, 9.17) is 5.73 Å². The largest absolute Gasteiger partial charge is 0.366 e. The number of amides is 1. The Kier molecular flexibility index (Phi) is 5.86. The van der Waals surface area contributed by atoms with E-state index in [-0.39, 0.29) is 5.91 Å². The molecule has 5 N–H and O–H groups in total. The highest BCUT2D eigenvalue weighted by molar-refractivity contribution is 6.04. The average Bonchev–Trinajstić information content (AvgIpc) is 3.31. The molecule has 1 amide bonds. The molecule has 168 valence electrons. The number of nitrogens with zero attached hydrogens (tertiary/aromatic N) is 4. The van der Waals surface area contributed by atoms with Crippen LogP contribution in [0.3, 0.4) is 0 Å². The van der Waals surface area contributed by atoms with E-state index in [1.165, 1.54) is 0 Å². The Morgan fingerprint density at radius 2 is 1.85 bits per heavy atom. The van der Waals surface area contributed by atoms with Gasteiger partial charge in [-0.25, -0.2) is 9.50 Å². The summed E-state index contributed by atoms with van der Waals surface area (Å²) in [5.74, 6) is 0.601. The fourth-order valence-corrected chi connectivity index (χ4v) is 4.05. The predicted octanol–water partition coefficient (Wildman–Crippen LogP) is 3.80. The van der Waals surface area contributed by atoms with Crippen LogP contribution in [0.1, 0.15) is 36.0 Å². The fraction of sp³-hybridized carbons (Fsp3) is 0.250. The van der Waals surface area contributed by atoms with Gasteiger partial charge in [0.05, 0.1) is 17.6 Å². The van der Waals surface area contributed by atoms with Crippen molar-refractivity contribution < 1.29 is 4.79 Å². The van der Waals surface area contributed by atoms with Crippen LogP contribution in [0.4, 0.5) is 22.9 Å². The number of pyridine rings is 1. The Morgan fingerprint density at radius 1 is 1.03 bits per heavy atom. The number of carbonyl (C=O) groups is 1. The maximum Gasteiger partial charge on any atom is 0.255 e. The second-order valence-electron chi connectivity index (χ2n) is 8.29. The van der Waals surface area contributed by atoms with Gasteiger partial charge < -0.3 is 21.7 Å². The summed E-state index contributed by atoms with van der Waals surface area (Å²) in [5.41, 5.74) is 9.65. The van der Waals surface area contributed by atoms with Crippen LogP contribution in [-0.2, 0) is 0 Å². The highest BCUT2D eigenvalue weighted by atomic mass is 16.1. The second-order valence-corrected chi connectivity index (χ2v) is 8.29. The second kappa shape index (κ2) is 9.25. The molecule has 1 aromatic carbocycles. The van der Waals surface area contributed by atoms with Crippen molar-refractivity contribution in [3.05, 3.63) is 72.8 Å². The smallest absolute Gasteiger partial charge is 0.255 e. The van der Waals surface area contributed by atoms with Crippen molar-refractivity contribution >= 4 is 34.4 Å². The SMILES string of the molecule is N[C@H]1CC[C@H](Nc2cc(Nc3ccc(C(=O)Nc4cccnc4)cc3)c3nccn3n2)CC1. The van der Waals surface area contributed by atoms with E-state index in [1.54, 1.807) is 47.4 Å². The number of nitrogens with one attached hydrogen (secondary N) is 3. The molecule has 0 unspecified atom stereocenters. The molecule has 0 spiro atoms. The monoisotopic (exact) mass is 442 g/mol. The minimum Gasteiger partial charge on any atom is -0.366 e. The maximum absolute atomic E-state index is 12.5. The minimum absolute atomic E-state index is 0.187. The van der Waals surface area contributed by atoms with Gasteiger partial charge in [-0.2, -0.15) is 0 Å². The first-order chi connectivity index (χ1) is 16.1. The van der Waals surface area contributed by atoms with Gasteiger partial charge in [0.25, 0.3) is 5.91 Å². The van der Waals surface area contributed by atoms with Gasteiger partial charge in [-0.05, 0) is 62.1 Å². The van der Waals surface area contributed by atoms with E-state index in [1.807, 2.05) is 24.4 Å². The molecule has 1 fully saturated rings. The first-order valence-electron chi connectivity index (χ1n) is 11.1. The van der Waals surface area contributed by atoms with Crippen molar-refractivity contribution in [1.82, 2.24) is 19.6 Å². The summed E-state index contributed by atoms with van der Waals surface area (Å²) in [6.07, 6.45) is 11.0. The van der Waals surface area contributed by atoms with Gasteiger partial charge in [-0.3, -0.25) is 9.78 Å². The van der Waals surface area contributed by atoms with Crippen molar-refractivity contribution in [3.63, 3.8) is 0 Å².